The van der Waals surface area contributed by atoms with Crippen LogP contribution < -0.4 is 11.2 Å². The van der Waals surface area contributed by atoms with E-state index in [-0.39, 0.29) is 22.8 Å². The summed E-state index contributed by atoms with van der Waals surface area (Å²) in [6, 6.07) is 2.97. The van der Waals surface area contributed by atoms with Crippen molar-refractivity contribution in [3.05, 3.63) is 67.0 Å². The number of rotatable bonds is 4. The van der Waals surface area contributed by atoms with Gasteiger partial charge in [-0.05, 0) is 12.5 Å². The van der Waals surface area contributed by atoms with Crippen molar-refractivity contribution >= 4 is 11.6 Å². The van der Waals surface area contributed by atoms with Gasteiger partial charge in [0.1, 0.15) is 16.8 Å². The smallest absolute Gasteiger partial charge is 0.297 e. The predicted molar refractivity (Wildman–Crippen MR) is 75.8 cm³/mol. The van der Waals surface area contributed by atoms with Crippen LogP contribution in [0.25, 0.3) is 0 Å². The first-order chi connectivity index (χ1) is 9.93. The minimum atomic E-state index is -0.812. The molecular weight excluding hydrogens is 302 g/mol. The number of aromatic amines is 1. The van der Waals surface area contributed by atoms with Gasteiger partial charge >= 0.3 is 5.69 Å². The molecule has 4 nitrogen and oxygen atoms in total. The van der Waals surface area contributed by atoms with Crippen molar-refractivity contribution in [2.75, 3.05) is 0 Å². The molecule has 2 aromatic rings. The predicted octanol–water partition coefficient (Wildman–Crippen LogP) is 2.47. The van der Waals surface area contributed by atoms with Gasteiger partial charge < -0.3 is 0 Å². The standard InChI is InChI=1S/C14H13ClF2N2O2/c1-2-3-10-12(15)18-14(21)19(13(10)20)7-8-4-5-9(16)6-11(8)17/h4-6H,2-3,7H2,1H3,(H,18,21). The Kier molecular flexibility index (Phi) is 4.57. The second kappa shape index (κ2) is 6.22. The molecule has 0 amide bonds. The van der Waals surface area contributed by atoms with Crippen LogP contribution in [0.4, 0.5) is 8.78 Å². The van der Waals surface area contributed by atoms with Gasteiger partial charge in [0.25, 0.3) is 5.56 Å². The lowest BCUT2D eigenvalue weighted by molar-refractivity contribution is 0.559. The van der Waals surface area contributed by atoms with Crippen molar-refractivity contribution < 1.29 is 8.78 Å². The minimum absolute atomic E-state index is 0.00248. The van der Waals surface area contributed by atoms with Gasteiger partial charge in [0.2, 0.25) is 0 Å². The Bertz CT molecular complexity index is 784. The third-order valence-electron chi connectivity index (χ3n) is 3.07. The number of aromatic nitrogens is 2. The quantitative estimate of drug-likeness (QED) is 0.881. The molecule has 0 bridgehead atoms. The second-order valence-electron chi connectivity index (χ2n) is 4.60. The molecule has 1 heterocycles. The van der Waals surface area contributed by atoms with Crippen LogP contribution in [0.2, 0.25) is 5.15 Å². The highest BCUT2D eigenvalue weighted by atomic mass is 35.5. The fourth-order valence-corrected chi connectivity index (χ4v) is 2.27. The molecule has 2 rings (SSSR count). The third-order valence-corrected chi connectivity index (χ3v) is 3.40. The molecular formula is C14H13ClF2N2O2. The largest absolute Gasteiger partial charge is 0.329 e. The highest BCUT2D eigenvalue weighted by Gasteiger charge is 2.14. The normalized spacial score (nSPS) is 10.9. The molecule has 112 valence electrons. The summed E-state index contributed by atoms with van der Waals surface area (Å²) in [5.41, 5.74) is -0.960. The Morgan fingerprint density at radius 1 is 1.29 bits per heavy atom. The molecule has 1 N–H and O–H groups in total. The van der Waals surface area contributed by atoms with E-state index in [4.69, 9.17) is 11.6 Å². The van der Waals surface area contributed by atoms with Crippen molar-refractivity contribution in [3.63, 3.8) is 0 Å². The lowest BCUT2D eigenvalue weighted by Crippen LogP contribution is -2.38. The number of hydrogen-bond acceptors (Lipinski definition) is 2. The van der Waals surface area contributed by atoms with Gasteiger partial charge in [-0.25, -0.2) is 13.6 Å². The summed E-state index contributed by atoms with van der Waals surface area (Å²) in [5.74, 6) is -1.53. The van der Waals surface area contributed by atoms with E-state index in [1.807, 2.05) is 6.92 Å². The van der Waals surface area contributed by atoms with Gasteiger partial charge in [-0.3, -0.25) is 14.3 Å². The van der Waals surface area contributed by atoms with Crippen LogP contribution in [0.3, 0.4) is 0 Å². The van der Waals surface area contributed by atoms with E-state index >= 15 is 0 Å². The van der Waals surface area contributed by atoms with Crippen LogP contribution >= 0.6 is 11.6 Å². The minimum Gasteiger partial charge on any atom is -0.297 e. The first-order valence-electron chi connectivity index (χ1n) is 6.39. The molecule has 0 atom stereocenters. The lowest BCUT2D eigenvalue weighted by Gasteiger charge is -2.09. The number of H-pyrrole nitrogens is 1. The van der Waals surface area contributed by atoms with Crippen LogP contribution in [0, 0.1) is 11.6 Å². The zero-order valence-electron chi connectivity index (χ0n) is 11.3. The molecule has 0 aliphatic rings. The molecule has 0 saturated heterocycles. The molecule has 7 heteroatoms. The van der Waals surface area contributed by atoms with E-state index in [1.165, 1.54) is 6.07 Å². The third kappa shape index (κ3) is 3.21. The van der Waals surface area contributed by atoms with E-state index in [0.29, 0.717) is 18.9 Å². The molecule has 0 aliphatic carbocycles. The first kappa shape index (κ1) is 15.4. The maximum Gasteiger partial charge on any atom is 0.329 e. The zero-order valence-corrected chi connectivity index (χ0v) is 12.0. The molecule has 1 aromatic heterocycles. The summed E-state index contributed by atoms with van der Waals surface area (Å²) in [7, 11) is 0. The van der Waals surface area contributed by atoms with Crippen LogP contribution in [-0.2, 0) is 13.0 Å². The average Bonchev–Trinajstić information content (AvgIpc) is 2.41. The SMILES string of the molecule is CCCc1c(Cl)[nH]c(=O)n(Cc2ccc(F)cc2F)c1=O. The van der Waals surface area contributed by atoms with E-state index in [9.17, 15) is 18.4 Å². The fourth-order valence-electron chi connectivity index (χ4n) is 2.02. The Labute approximate surface area is 124 Å². The molecule has 1 aromatic carbocycles. The monoisotopic (exact) mass is 314 g/mol. The molecule has 0 spiro atoms. The van der Waals surface area contributed by atoms with Gasteiger partial charge in [-0.2, -0.15) is 0 Å². The number of benzene rings is 1. The van der Waals surface area contributed by atoms with Crippen molar-refractivity contribution in [3.8, 4) is 0 Å². The Balaban J connectivity index is 2.52. The first-order valence-corrected chi connectivity index (χ1v) is 6.77. The number of halogens is 3. The Morgan fingerprint density at radius 2 is 2.00 bits per heavy atom. The molecule has 0 unspecified atom stereocenters. The summed E-state index contributed by atoms with van der Waals surface area (Å²) in [4.78, 5) is 26.4. The van der Waals surface area contributed by atoms with Gasteiger partial charge in [0.05, 0.1) is 12.1 Å². The van der Waals surface area contributed by atoms with E-state index in [1.54, 1.807) is 0 Å². The van der Waals surface area contributed by atoms with Crippen molar-refractivity contribution in [2.24, 2.45) is 0 Å². The van der Waals surface area contributed by atoms with E-state index < -0.39 is 22.9 Å². The summed E-state index contributed by atoms with van der Waals surface area (Å²) in [6.45, 7) is 1.58. The summed E-state index contributed by atoms with van der Waals surface area (Å²) >= 11 is 5.85. The van der Waals surface area contributed by atoms with Gasteiger partial charge in [0.15, 0.2) is 0 Å². The highest BCUT2D eigenvalue weighted by Crippen LogP contribution is 2.11. The maximum atomic E-state index is 13.6. The number of nitrogens with zero attached hydrogens (tertiary/aromatic N) is 1. The van der Waals surface area contributed by atoms with Crippen LogP contribution in [-0.4, -0.2) is 9.55 Å². The van der Waals surface area contributed by atoms with Gasteiger partial charge in [-0.15, -0.1) is 0 Å². The zero-order chi connectivity index (χ0) is 15.6. The Hall–Kier alpha value is -1.95. The second-order valence-corrected chi connectivity index (χ2v) is 4.98. The summed E-state index contributed by atoms with van der Waals surface area (Å²) < 4.78 is 27.4. The van der Waals surface area contributed by atoms with E-state index in [2.05, 4.69) is 4.98 Å². The summed E-state index contributed by atoms with van der Waals surface area (Å²) in [5, 5.41) is 0.00248. The van der Waals surface area contributed by atoms with Gasteiger partial charge in [0, 0.05) is 11.6 Å². The van der Waals surface area contributed by atoms with Crippen molar-refractivity contribution in [2.45, 2.75) is 26.3 Å². The van der Waals surface area contributed by atoms with E-state index in [0.717, 1.165) is 10.6 Å². The molecule has 21 heavy (non-hydrogen) atoms. The van der Waals surface area contributed by atoms with Crippen LogP contribution in [0.5, 0.6) is 0 Å². The summed E-state index contributed by atoms with van der Waals surface area (Å²) in [6.07, 6.45) is 1.08. The fraction of sp³-hybridized carbons (Fsp3) is 0.286. The topological polar surface area (TPSA) is 54.9 Å². The maximum absolute atomic E-state index is 13.6. The molecule has 0 saturated carbocycles. The van der Waals surface area contributed by atoms with Crippen molar-refractivity contribution in [1.82, 2.24) is 9.55 Å². The molecule has 0 radical (unpaired) electrons. The average molecular weight is 315 g/mol. The van der Waals surface area contributed by atoms with Crippen LogP contribution in [0.15, 0.2) is 27.8 Å². The van der Waals surface area contributed by atoms with Crippen molar-refractivity contribution in [1.29, 1.82) is 0 Å². The van der Waals surface area contributed by atoms with Crippen LogP contribution in [0.1, 0.15) is 24.5 Å². The number of hydrogen-bond donors (Lipinski definition) is 1. The highest BCUT2D eigenvalue weighted by molar-refractivity contribution is 6.30. The Morgan fingerprint density at radius 3 is 2.62 bits per heavy atom. The molecule has 0 fully saturated rings. The van der Waals surface area contributed by atoms with Gasteiger partial charge in [-0.1, -0.05) is 31.0 Å². The molecule has 0 aliphatic heterocycles. The lowest BCUT2D eigenvalue weighted by atomic mass is 10.2. The number of nitrogens with one attached hydrogen (secondary N) is 1.